The van der Waals surface area contributed by atoms with Crippen LogP contribution in [0.5, 0.6) is 0 Å². The third-order valence-electron chi connectivity index (χ3n) is 2.43. The summed E-state index contributed by atoms with van der Waals surface area (Å²) in [5, 5.41) is 0. The number of rotatable bonds is 2. The van der Waals surface area contributed by atoms with E-state index in [9.17, 15) is 4.39 Å². The molecule has 1 heteroatoms. The van der Waals surface area contributed by atoms with Crippen LogP contribution in [0.25, 0.3) is 0 Å². The summed E-state index contributed by atoms with van der Waals surface area (Å²) in [6.45, 7) is 0. The highest BCUT2D eigenvalue weighted by Gasteiger charge is 2.17. The van der Waals surface area contributed by atoms with Gasteiger partial charge in [-0.1, -0.05) is 18.6 Å². The highest BCUT2D eigenvalue weighted by molar-refractivity contribution is 5.24. The molecule has 0 atom stereocenters. The molecular weight excluding hydrogens is 151 g/mol. The number of halogens is 1. The van der Waals surface area contributed by atoms with Crippen molar-refractivity contribution in [3.05, 3.63) is 42.1 Å². The lowest BCUT2D eigenvalue weighted by molar-refractivity contribution is 0.368. The summed E-state index contributed by atoms with van der Waals surface area (Å²) in [5.41, 5.74) is 1.03. The van der Waals surface area contributed by atoms with Crippen molar-refractivity contribution in [2.24, 2.45) is 5.92 Å². The van der Waals surface area contributed by atoms with Gasteiger partial charge < -0.3 is 0 Å². The molecule has 0 aromatic heterocycles. The minimum Gasteiger partial charge on any atom is -0.207 e. The summed E-state index contributed by atoms with van der Waals surface area (Å²) in [7, 11) is 0. The highest BCUT2D eigenvalue weighted by Crippen LogP contribution is 2.31. The minimum atomic E-state index is -0.136. The quantitative estimate of drug-likeness (QED) is 0.628. The summed E-state index contributed by atoms with van der Waals surface area (Å²) in [5.74, 6) is 0.565. The Bertz CT molecular complexity index is 263. The van der Waals surface area contributed by atoms with Gasteiger partial charge in [-0.3, -0.25) is 0 Å². The van der Waals surface area contributed by atoms with Crippen LogP contribution in [0.3, 0.4) is 0 Å². The molecule has 12 heavy (non-hydrogen) atoms. The lowest BCUT2D eigenvalue weighted by atomic mass is 9.81. The van der Waals surface area contributed by atoms with E-state index in [0.29, 0.717) is 5.92 Å². The fourth-order valence-corrected chi connectivity index (χ4v) is 1.49. The van der Waals surface area contributed by atoms with Crippen LogP contribution in [0, 0.1) is 18.2 Å². The van der Waals surface area contributed by atoms with Gasteiger partial charge in [0, 0.05) is 0 Å². The Kier molecular flexibility index (Phi) is 2.11. The standard InChI is InChI=1S/C11H12F/c12-11-6-2-5-10(8-11)7-9-3-1-4-9/h2,5-9H,1,3-4H2. The fraction of sp³-hybridized carbons (Fsp3) is 0.364. The highest BCUT2D eigenvalue weighted by atomic mass is 19.1. The van der Waals surface area contributed by atoms with Crippen molar-refractivity contribution in [2.45, 2.75) is 19.3 Å². The SMILES string of the molecule is Fc1cccc([CH]C2CCC2)c1. The molecule has 1 aliphatic rings. The van der Waals surface area contributed by atoms with Crippen molar-refractivity contribution in [3.8, 4) is 0 Å². The second-order valence-electron chi connectivity index (χ2n) is 3.41. The predicted molar refractivity (Wildman–Crippen MR) is 47.1 cm³/mol. The van der Waals surface area contributed by atoms with Crippen LogP contribution in [-0.2, 0) is 0 Å². The first-order valence-electron chi connectivity index (χ1n) is 4.45. The Morgan fingerprint density at radius 1 is 1.33 bits per heavy atom. The van der Waals surface area contributed by atoms with E-state index in [0.717, 1.165) is 5.56 Å². The van der Waals surface area contributed by atoms with Crippen LogP contribution in [0.4, 0.5) is 4.39 Å². The molecule has 63 valence electrons. The van der Waals surface area contributed by atoms with Gasteiger partial charge in [-0.2, -0.15) is 0 Å². The molecule has 0 spiro atoms. The van der Waals surface area contributed by atoms with E-state index in [1.165, 1.54) is 25.3 Å². The molecule has 1 fully saturated rings. The summed E-state index contributed by atoms with van der Waals surface area (Å²) >= 11 is 0. The molecule has 0 bridgehead atoms. The topological polar surface area (TPSA) is 0 Å². The van der Waals surface area contributed by atoms with Crippen LogP contribution in [0.2, 0.25) is 0 Å². The Morgan fingerprint density at radius 2 is 2.17 bits per heavy atom. The first-order chi connectivity index (χ1) is 5.84. The molecule has 1 aromatic rings. The molecule has 0 amide bonds. The summed E-state index contributed by atoms with van der Waals surface area (Å²) in [6, 6.07) is 6.80. The van der Waals surface area contributed by atoms with Crippen molar-refractivity contribution < 1.29 is 4.39 Å². The van der Waals surface area contributed by atoms with Crippen molar-refractivity contribution in [1.29, 1.82) is 0 Å². The lowest BCUT2D eigenvalue weighted by Crippen LogP contribution is -2.11. The summed E-state index contributed by atoms with van der Waals surface area (Å²) in [6.07, 6.45) is 6.05. The Labute approximate surface area is 72.4 Å². The smallest absolute Gasteiger partial charge is 0.123 e. The van der Waals surface area contributed by atoms with Gasteiger partial charge >= 0.3 is 0 Å². The van der Waals surface area contributed by atoms with Crippen LogP contribution in [0.1, 0.15) is 24.8 Å². The molecule has 1 aromatic carbocycles. The van der Waals surface area contributed by atoms with E-state index >= 15 is 0 Å². The van der Waals surface area contributed by atoms with Gasteiger partial charge in [0.05, 0.1) is 0 Å². The predicted octanol–water partition coefficient (Wildman–Crippen LogP) is 3.18. The largest absolute Gasteiger partial charge is 0.207 e. The zero-order chi connectivity index (χ0) is 8.39. The van der Waals surface area contributed by atoms with E-state index in [1.54, 1.807) is 12.1 Å². The molecule has 0 N–H and O–H groups in total. The van der Waals surface area contributed by atoms with Crippen molar-refractivity contribution in [1.82, 2.24) is 0 Å². The maximum atomic E-state index is 12.7. The molecule has 0 saturated heterocycles. The van der Waals surface area contributed by atoms with Gasteiger partial charge in [0.2, 0.25) is 0 Å². The average molecular weight is 163 g/mol. The van der Waals surface area contributed by atoms with E-state index < -0.39 is 0 Å². The van der Waals surface area contributed by atoms with Crippen LogP contribution in [-0.4, -0.2) is 0 Å². The molecule has 0 heterocycles. The molecule has 1 saturated carbocycles. The molecule has 0 nitrogen and oxygen atoms in total. The van der Waals surface area contributed by atoms with Crippen molar-refractivity contribution in [3.63, 3.8) is 0 Å². The van der Waals surface area contributed by atoms with Crippen LogP contribution >= 0.6 is 0 Å². The number of hydrogen-bond acceptors (Lipinski definition) is 0. The average Bonchev–Trinajstić information content (AvgIpc) is 1.97. The van der Waals surface area contributed by atoms with Gasteiger partial charge in [-0.05, 0) is 42.9 Å². The molecule has 0 aliphatic heterocycles. The second kappa shape index (κ2) is 3.26. The third-order valence-corrected chi connectivity index (χ3v) is 2.43. The van der Waals surface area contributed by atoms with Crippen LogP contribution < -0.4 is 0 Å². The molecule has 1 aliphatic carbocycles. The first-order valence-corrected chi connectivity index (χ1v) is 4.45. The Hall–Kier alpha value is -0.850. The molecule has 1 radical (unpaired) electrons. The van der Waals surface area contributed by atoms with E-state index in [2.05, 4.69) is 6.42 Å². The van der Waals surface area contributed by atoms with E-state index in [1.807, 2.05) is 6.07 Å². The van der Waals surface area contributed by atoms with Gasteiger partial charge in [-0.15, -0.1) is 0 Å². The minimum absolute atomic E-state index is 0.136. The summed E-state index contributed by atoms with van der Waals surface area (Å²) in [4.78, 5) is 0. The third kappa shape index (κ3) is 1.66. The monoisotopic (exact) mass is 163 g/mol. The molecular formula is C11H12F. The van der Waals surface area contributed by atoms with E-state index in [-0.39, 0.29) is 5.82 Å². The zero-order valence-corrected chi connectivity index (χ0v) is 6.96. The maximum absolute atomic E-state index is 12.7. The Morgan fingerprint density at radius 3 is 2.75 bits per heavy atom. The lowest BCUT2D eigenvalue weighted by Gasteiger charge is -2.24. The molecule has 0 unspecified atom stereocenters. The van der Waals surface area contributed by atoms with E-state index in [4.69, 9.17) is 0 Å². The van der Waals surface area contributed by atoms with Crippen molar-refractivity contribution in [2.75, 3.05) is 0 Å². The number of hydrogen-bond donors (Lipinski definition) is 0. The van der Waals surface area contributed by atoms with Gasteiger partial charge in [0.25, 0.3) is 0 Å². The summed E-state index contributed by atoms with van der Waals surface area (Å²) < 4.78 is 12.7. The van der Waals surface area contributed by atoms with Gasteiger partial charge in [0.1, 0.15) is 5.82 Å². The van der Waals surface area contributed by atoms with Crippen LogP contribution in [0.15, 0.2) is 24.3 Å². The number of benzene rings is 1. The normalized spacial score (nSPS) is 17.4. The first kappa shape index (κ1) is 7.78. The van der Waals surface area contributed by atoms with Gasteiger partial charge in [0.15, 0.2) is 0 Å². The second-order valence-corrected chi connectivity index (χ2v) is 3.41. The van der Waals surface area contributed by atoms with Gasteiger partial charge in [-0.25, -0.2) is 4.39 Å². The zero-order valence-electron chi connectivity index (χ0n) is 6.96. The maximum Gasteiger partial charge on any atom is 0.123 e. The fourth-order valence-electron chi connectivity index (χ4n) is 1.49. The molecule has 2 rings (SSSR count). The Balaban J connectivity index is 2.02. The van der Waals surface area contributed by atoms with Crippen molar-refractivity contribution >= 4 is 0 Å².